The first kappa shape index (κ1) is 15.5. The predicted molar refractivity (Wildman–Crippen MR) is 80.3 cm³/mol. The molecular weight excluding hydrogens is 304 g/mol. The first-order valence-electron chi connectivity index (χ1n) is 7.47. The first-order valence-corrected chi connectivity index (χ1v) is 7.47. The molecule has 1 aromatic heterocycles. The molecule has 2 aromatic rings. The summed E-state index contributed by atoms with van der Waals surface area (Å²) < 4.78 is 31.4. The zero-order valence-corrected chi connectivity index (χ0v) is 12.8. The number of carbonyl (C=O) groups is 1. The van der Waals surface area contributed by atoms with Crippen molar-refractivity contribution in [1.82, 2.24) is 10.1 Å². The van der Waals surface area contributed by atoms with Crippen LogP contribution < -0.4 is 4.90 Å². The third-order valence-corrected chi connectivity index (χ3v) is 3.90. The molecule has 1 aliphatic heterocycles. The fourth-order valence-corrected chi connectivity index (χ4v) is 2.69. The van der Waals surface area contributed by atoms with Crippen LogP contribution in [0.5, 0.6) is 0 Å². The molecule has 1 fully saturated rings. The second kappa shape index (κ2) is 6.36. The SMILES string of the molecule is Cc1cc(C(=O)N2CCCN(c3ccc(F)c(F)c3)CC2)no1. The van der Waals surface area contributed by atoms with Gasteiger partial charge >= 0.3 is 0 Å². The minimum Gasteiger partial charge on any atom is -0.370 e. The van der Waals surface area contributed by atoms with Crippen molar-refractivity contribution in [3.63, 3.8) is 0 Å². The van der Waals surface area contributed by atoms with Gasteiger partial charge in [-0.25, -0.2) is 8.78 Å². The Labute approximate surface area is 132 Å². The number of hydrogen-bond donors (Lipinski definition) is 0. The molecule has 2 heterocycles. The lowest BCUT2D eigenvalue weighted by molar-refractivity contribution is 0.0756. The van der Waals surface area contributed by atoms with Gasteiger partial charge in [0.15, 0.2) is 17.3 Å². The highest BCUT2D eigenvalue weighted by atomic mass is 19.2. The minimum atomic E-state index is -0.863. The van der Waals surface area contributed by atoms with Crippen LogP contribution in [0.2, 0.25) is 0 Å². The van der Waals surface area contributed by atoms with E-state index in [4.69, 9.17) is 4.52 Å². The van der Waals surface area contributed by atoms with E-state index in [-0.39, 0.29) is 5.91 Å². The minimum absolute atomic E-state index is 0.172. The van der Waals surface area contributed by atoms with Gasteiger partial charge in [0, 0.05) is 44.0 Å². The van der Waals surface area contributed by atoms with E-state index in [0.717, 1.165) is 12.5 Å². The van der Waals surface area contributed by atoms with Crippen LogP contribution in [0, 0.1) is 18.6 Å². The predicted octanol–water partition coefficient (Wildman–Crippen LogP) is 2.61. The van der Waals surface area contributed by atoms with Gasteiger partial charge in [0.25, 0.3) is 5.91 Å². The quantitative estimate of drug-likeness (QED) is 0.853. The molecule has 0 spiro atoms. The summed E-state index contributed by atoms with van der Waals surface area (Å²) in [4.78, 5) is 16.0. The third-order valence-electron chi connectivity index (χ3n) is 3.90. The van der Waals surface area contributed by atoms with Crippen molar-refractivity contribution < 1.29 is 18.1 Å². The number of rotatable bonds is 2. The van der Waals surface area contributed by atoms with Crippen LogP contribution in [0.1, 0.15) is 22.7 Å². The number of nitrogens with zero attached hydrogens (tertiary/aromatic N) is 3. The zero-order chi connectivity index (χ0) is 16.4. The Morgan fingerprint density at radius 2 is 1.96 bits per heavy atom. The van der Waals surface area contributed by atoms with Crippen LogP contribution in [0.4, 0.5) is 14.5 Å². The summed E-state index contributed by atoms with van der Waals surface area (Å²) in [5, 5.41) is 3.75. The molecule has 0 aliphatic carbocycles. The lowest BCUT2D eigenvalue weighted by atomic mass is 10.2. The maximum atomic E-state index is 13.4. The molecular formula is C16H17F2N3O2. The molecule has 23 heavy (non-hydrogen) atoms. The van der Waals surface area contributed by atoms with Crippen LogP contribution in [-0.4, -0.2) is 42.1 Å². The van der Waals surface area contributed by atoms with E-state index in [2.05, 4.69) is 5.16 Å². The van der Waals surface area contributed by atoms with E-state index in [0.29, 0.717) is 43.3 Å². The lowest BCUT2D eigenvalue weighted by Crippen LogP contribution is -2.35. The molecule has 0 N–H and O–H groups in total. The Balaban J connectivity index is 1.69. The van der Waals surface area contributed by atoms with Gasteiger partial charge in [0.2, 0.25) is 0 Å². The van der Waals surface area contributed by atoms with Gasteiger partial charge in [0.05, 0.1) is 0 Å². The molecule has 5 nitrogen and oxygen atoms in total. The van der Waals surface area contributed by atoms with Crippen LogP contribution >= 0.6 is 0 Å². The maximum Gasteiger partial charge on any atom is 0.276 e. The second-order valence-electron chi connectivity index (χ2n) is 5.55. The Kier molecular flexibility index (Phi) is 4.27. The summed E-state index contributed by atoms with van der Waals surface area (Å²) in [6.07, 6.45) is 0.738. The zero-order valence-electron chi connectivity index (χ0n) is 12.8. The van der Waals surface area contributed by atoms with E-state index in [1.807, 2.05) is 4.90 Å². The van der Waals surface area contributed by atoms with Gasteiger partial charge in [-0.1, -0.05) is 5.16 Å². The number of anilines is 1. The van der Waals surface area contributed by atoms with Crippen LogP contribution in [-0.2, 0) is 0 Å². The second-order valence-corrected chi connectivity index (χ2v) is 5.55. The van der Waals surface area contributed by atoms with Crippen LogP contribution in [0.25, 0.3) is 0 Å². The topological polar surface area (TPSA) is 49.6 Å². The number of amides is 1. The van der Waals surface area contributed by atoms with Crippen molar-refractivity contribution in [2.75, 3.05) is 31.1 Å². The average molecular weight is 321 g/mol. The summed E-state index contributed by atoms with van der Waals surface area (Å²) in [5.74, 6) is -1.31. The van der Waals surface area contributed by atoms with E-state index in [1.165, 1.54) is 6.07 Å². The number of hydrogen-bond acceptors (Lipinski definition) is 4. The summed E-state index contributed by atoms with van der Waals surface area (Å²) in [7, 11) is 0. The van der Waals surface area contributed by atoms with Gasteiger partial charge in [-0.05, 0) is 25.5 Å². The Hall–Kier alpha value is -2.44. The molecule has 0 unspecified atom stereocenters. The van der Waals surface area contributed by atoms with Crippen molar-refractivity contribution in [2.45, 2.75) is 13.3 Å². The Morgan fingerprint density at radius 3 is 2.65 bits per heavy atom. The third kappa shape index (κ3) is 3.33. The molecule has 122 valence electrons. The van der Waals surface area contributed by atoms with Crippen molar-refractivity contribution in [2.24, 2.45) is 0 Å². The highest BCUT2D eigenvalue weighted by Gasteiger charge is 2.23. The lowest BCUT2D eigenvalue weighted by Gasteiger charge is -2.23. The van der Waals surface area contributed by atoms with Gasteiger partial charge in [-0.15, -0.1) is 0 Å². The monoisotopic (exact) mass is 321 g/mol. The van der Waals surface area contributed by atoms with E-state index >= 15 is 0 Å². The smallest absolute Gasteiger partial charge is 0.276 e. The molecule has 1 saturated heterocycles. The number of aryl methyl sites for hydroxylation is 1. The van der Waals surface area contributed by atoms with Gasteiger partial charge in [-0.3, -0.25) is 4.79 Å². The fourth-order valence-electron chi connectivity index (χ4n) is 2.69. The highest BCUT2D eigenvalue weighted by Crippen LogP contribution is 2.20. The van der Waals surface area contributed by atoms with Gasteiger partial charge in [0.1, 0.15) is 5.76 Å². The number of halogens is 2. The van der Waals surface area contributed by atoms with Crippen molar-refractivity contribution in [3.05, 3.63) is 47.4 Å². The molecule has 1 aromatic carbocycles. The van der Waals surface area contributed by atoms with E-state index in [1.54, 1.807) is 24.0 Å². The molecule has 3 rings (SSSR count). The molecule has 0 saturated carbocycles. The van der Waals surface area contributed by atoms with Crippen molar-refractivity contribution in [3.8, 4) is 0 Å². The largest absolute Gasteiger partial charge is 0.370 e. The summed E-state index contributed by atoms with van der Waals surface area (Å²) in [5.41, 5.74) is 0.916. The average Bonchev–Trinajstić information content (AvgIpc) is 2.82. The summed E-state index contributed by atoms with van der Waals surface area (Å²) in [6, 6.07) is 5.47. The first-order chi connectivity index (χ1) is 11.0. The van der Waals surface area contributed by atoms with Crippen LogP contribution in [0.15, 0.2) is 28.8 Å². The number of aromatic nitrogens is 1. The normalized spacial score (nSPS) is 15.6. The highest BCUT2D eigenvalue weighted by molar-refractivity contribution is 5.92. The molecule has 0 atom stereocenters. The molecule has 1 amide bonds. The number of benzene rings is 1. The van der Waals surface area contributed by atoms with Crippen LogP contribution in [0.3, 0.4) is 0 Å². The Morgan fingerprint density at radius 1 is 1.13 bits per heavy atom. The fraction of sp³-hybridized carbons (Fsp3) is 0.375. The molecule has 7 heteroatoms. The van der Waals surface area contributed by atoms with E-state index in [9.17, 15) is 13.6 Å². The molecule has 1 aliphatic rings. The summed E-state index contributed by atoms with van der Waals surface area (Å²) in [6.45, 7) is 4.03. The van der Waals surface area contributed by atoms with E-state index < -0.39 is 11.6 Å². The number of carbonyl (C=O) groups excluding carboxylic acids is 1. The van der Waals surface area contributed by atoms with Crippen molar-refractivity contribution in [1.29, 1.82) is 0 Å². The van der Waals surface area contributed by atoms with Gasteiger partial charge < -0.3 is 14.3 Å². The Bertz CT molecular complexity index is 717. The molecule has 0 bridgehead atoms. The molecule has 0 radical (unpaired) electrons. The maximum absolute atomic E-state index is 13.4. The standard InChI is InChI=1S/C16H17F2N3O2/c1-11-9-15(19-23-11)16(22)21-6-2-5-20(7-8-21)12-3-4-13(17)14(18)10-12/h3-4,9-10H,2,5-8H2,1H3. The van der Waals surface area contributed by atoms with Crippen molar-refractivity contribution >= 4 is 11.6 Å². The summed E-state index contributed by atoms with van der Waals surface area (Å²) >= 11 is 0. The van der Waals surface area contributed by atoms with Gasteiger partial charge in [-0.2, -0.15) is 0 Å².